The van der Waals surface area contributed by atoms with Crippen LogP contribution in [0.3, 0.4) is 0 Å². The molecular weight excluding hydrogens is 924 g/mol. The Hall–Kier alpha value is -7.50. The minimum absolute atomic E-state index is 0.00600. The maximum absolute atomic E-state index is 15.1. The molecule has 8 N–H and O–H groups in total. The number of hydrogen-bond acceptors (Lipinski definition) is 10. The van der Waals surface area contributed by atoms with Crippen LogP contribution in [0.5, 0.6) is 0 Å². The molecule has 24 heteroatoms. The highest BCUT2D eigenvalue weighted by Gasteiger charge is 2.39. The first-order valence-corrected chi connectivity index (χ1v) is 21.0. The fourth-order valence-electron chi connectivity index (χ4n) is 6.88. The molecule has 374 valence electrons. The van der Waals surface area contributed by atoms with Crippen molar-refractivity contribution in [3.63, 3.8) is 0 Å². The van der Waals surface area contributed by atoms with E-state index in [-0.39, 0.29) is 25.1 Å². The van der Waals surface area contributed by atoms with Crippen LogP contribution in [-0.4, -0.2) is 128 Å². The van der Waals surface area contributed by atoms with Crippen LogP contribution in [0.4, 0.5) is 22.0 Å². The first-order valence-electron chi connectivity index (χ1n) is 21.0. The SMILES string of the molecule is C[C@H](NC(=O)CN1C(=O)C=CC1=O)C(=O)N[C@@H](C)C(=O)N[C@@H](CC(N)=O)C(=O)NCCCN(C(=O)CO)[C@@H](c1cc(-c2cc(F)ccc2F)cn1Cc1ccccc1)C(C)(C)C.O=C(O)C(F)(F)F. The summed E-state index contributed by atoms with van der Waals surface area (Å²) in [6.07, 6.45) is -1.88. The van der Waals surface area contributed by atoms with Crippen LogP contribution in [-0.2, 0) is 49.7 Å². The summed E-state index contributed by atoms with van der Waals surface area (Å²) in [5.74, 6) is -10.3. The zero-order valence-corrected chi connectivity index (χ0v) is 38.1. The second kappa shape index (κ2) is 24.5. The van der Waals surface area contributed by atoms with Gasteiger partial charge < -0.3 is 46.7 Å². The highest BCUT2D eigenvalue weighted by molar-refractivity contribution is 6.14. The first kappa shape index (κ1) is 55.8. The van der Waals surface area contributed by atoms with Gasteiger partial charge in [-0.05, 0) is 55.5 Å². The normalized spacial score (nSPS) is 14.1. The van der Waals surface area contributed by atoms with Crippen LogP contribution >= 0.6 is 0 Å². The maximum atomic E-state index is 15.1. The molecule has 1 aliphatic heterocycles. The van der Waals surface area contributed by atoms with Gasteiger partial charge in [0, 0.05) is 54.8 Å². The molecule has 4 atom stereocenters. The summed E-state index contributed by atoms with van der Waals surface area (Å²) in [5.41, 5.74) is 6.53. The Kier molecular flexibility index (Phi) is 19.8. The molecule has 69 heavy (non-hydrogen) atoms. The van der Waals surface area contributed by atoms with Gasteiger partial charge in [-0.25, -0.2) is 13.6 Å². The largest absolute Gasteiger partial charge is 0.490 e. The number of alkyl halides is 3. The number of rotatable bonds is 20. The number of carboxylic acids is 1. The lowest BCUT2D eigenvalue weighted by atomic mass is 9.83. The fraction of sp³-hybridized carbons (Fsp3) is 0.400. The minimum atomic E-state index is -5.08. The molecule has 4 rings (SSSR count). The predicted molar refractivity (Wildman–Crippen MR) is 234 cm³/mol. The van der Waals surface area contributed by atoms with Gasteiger partial charge in [0.15, 0.2) is 0 Å². The number of aliphatic hydroxyl groups excluding tert-OH is 1. The Balaban J connectivity index is 0.00000167. The van der Waals surface area contributed by atoms with Gasteiger partial charge in [-0.2, -0.15) is 13.2 Å². The second-order valence-electron chi connectivity index (χ2n) is 16.7. The number of carbonyl (C=O) groups is 9. The van der Waals surface area contributed by atoms with Crippen molar-refractivity contribution in [2.45, 2.75) is 84.3 Å². The van der Waals surface area contributed by atoms with E-state index in [0.717, 1.165) is 35.9 Å². The molecule has 0 saturated heterocycles. The molecule has 0 saturated carbocycles. The average Bonchev–Trinajstić information content (AvgIpc) is 3.81. The Morgan fingerprint density at radius 1 is 0.826 bits per heavy atom. The van der Waals surface area contributed by atoms with Crippen molar-refractivity contribution in [2.75, 3.05) is 26.2 Å². The van der Waals surface area contributed by atoms with Crippen molar-refractivity contribution in [3.8, 4) is 11.1 Å². The van der Waals surface area contributed by atoms with Crippen LogP contribution in [0.25, 0.3) is 11.1 Å². The van der Waals surface area contributed by atoms with Gasteiger partial charge in [-0.1, -0.05) is 51.1 Å². The number of halogens is 5. The molecule has 1 aliphatic rings. The summed E-state index contributed by atoms with van der Waals surface area (Å²) in [6.45, 7) is 7.01. The molecule has 0 aliphatic carbocycles. The Morgan fingerprint density at radius 2 is 1.41 bits per heavy atom. The lowest BCUT2D eigenvalue weighted by molar-refractivity contribution is -0.192. The van der Waals surface area contributed by atoms with E-state index in [9.17, 15) is 61.0 Å². The molecule has 2 aromatic carbocycles. The summed E-state index contributed by atoms with van der Waals surface area (Å²) in [6, 6.07) is 9.52. The lowest BCUT2D eigenvalue weighted by Gasteiger charge is -2.41. The number of nitrogens with zero attached hydrogens (tertiary/aromatic N) is 3. The predicted octanol–water partition coefficient (Wildman–Crippen LogP) is 1.82. The molecule has 8 amide bonds. The molecular formula is C45H53F5N8O11. The molecule has 0 bridgehead atoms. The van der Waals surface area contributed by atoms with E-state index >= 15 is 4.39 Å². The summed E-state index contributed by atoms with van der Waals surface area (Å²) in [7, 11) is 0. The van der Waals surface area contributed by atoms with E-state index in [2.05, 4.69) is 21.3 Å². The highest BCUT2D eigenvalue weighted by Crippen LogP contribution is 2.41. The number of amides is 8. The Bertz CT molecular complexity index is 2400. The Morgan fingerprint density at radius 3 is 1.96 bits per heavy atom. The number of carboxylic acid groups (broad SMARTS) is 1. The number of primary amides is 1. The van der Waals surface area contributed by atoms with Crippen molar-refractivity contribution in [2.24, 2.45) is 11.1 Å². The van der Waals surface area contributed by atoms with E-state index in [1.807, 2.05) is 55.7 Å². The van der Waals surface area contributed by atoms with E-state index in [1.54, 1.807) is 12.3 Å². The van der Waals surface area contributed by atoms with E-state index in [0.29, 0.717) is 22.7 Å². The monoisotopic (exact) mass is 976 g/mol. The zero-order chi connectivity index (χ0) is 52.0. The number of aliphatic carboxylic acids is 1. The fourth-order valence-corrected chi connectivity index (χ4v) is 6.88. The third kappa shape index (κ3) is 16.7. The van der Waals surface area contributed by atoms with Gasteiger partial charge in [0.1, 0.15) is 42.9 Å². The van der Waals surface area contributed by atoms with Crippen molar-refractivity contribution >= 4 is 53.2 Å². The van der Waals surface area contributed by atoms with Crippen LogP contribution in [0, 0.1) is 17.0 Å². The number of imide groups is 1. The maximum Gasteiger partial charge on any atom is 0.490 e. The highest BCUT2D eigenvalue weighted by atomic mass is 19.4. The molecule has 3 aromatic rings. The van der Waals surface area contributed by atoms with E-state index in [4.69, 9.17) is 15.6 Å². The van der Waals surface area contributed by atoms with Gasteiger partial charge in [-0.3, -0.25) is 43.3 Å². The molecule has 1 aromatic heterocycles. The van der Waals surface area contributed by atoms with Crippen LogP contribution in [0.1, 0.15) is 64.8 Å². The summed E-state index contributed by atoms with van der Waals surface area (Å²) >= 11 is 0. The number of benzene rings is 2. The summed E-state index contributed by atoms with van der Waals surface area (Å²) < 4.78 is 63.0. The summed E-state index contributed by atoms with van der Waals surface area (Å²) in [5, 5.41) is 27.0. The zero-order valence-electron chi connectivity index (χ0n) is 38.1. The standard InChI is InChI=1S/C43H52F2N8O9.C2HF3O2/c1-25(48-35(56)23-53-36(57)14-15-37(53)58)40(60)49-26(2)41(61)50-32(20-34(46)55)42(62)47-16-9-17-52(38(59)24-54)39(43(3,4)5)33-18-28(30-19-29(44)12-13-31(30)45)22-51(33)21-27-10-7-6-8-11-27;3-2(4,5)1(6)7/h6-8,10-15,18-19,22,25-26,32,39,54H,9,16-17,20-21,23-24H2,1-5H3,(H2,46,55)(H,47,62)(H,48,56)(H,49,60)(H,50,61);(H,6,7)/t25-,26-,32-,39-;/m0./s1. The molecule has 0 spiro atoms. The quantitative estimate of drug-likeness (QED) is 0.0487. The molecule has 0 radical (unpaired) electrons. The minimum Gasteiger partial charge on any atom is -0.475 e. The third-order valence-electron chi connectivity index (χ3n) is 10.1. The molecule has 0 unspecified atom stereocenters. The second-order valence-corrected chi connectivity index (χ2v) is 16.7. The van der Waals surface area contributed by atoms with Gasteiger partial charge >= 0.3 is 12.1 Å². The van der Waals surface area contributed by atoms with Crippen molar-refractivity contribution in [3.05, 3.63) is 95.8 Å². The average molecular weight is 977 g/mol. The number of hydrogen-bond donors (Lipinski definition) is 7. The number of aliphatic hydroxyl groups is 1. The molecule has 0 fully saturated rings. The summed E-state index contributed by atoms with van der Waals surface area (Å²) in [4.78, 5) is 111. The smallest absolute Gasteiger partial charge is 0.475 e. The van der Waals surface area contributed by atoms with Crippen LogP contribution in [0.15, 0.2) is 72.9 Å². The number of aromatic nitrogens is 1. The lowest BCUT2D eigenvalue weighted by Crippen LogP contribution is -2.56. The molecule has 19 nitrogen and oxygen atoms in total. The topological polar surface area (TPSA) is 280 Å². The first-order chi connectivity index (χ1) is 32.1. The van der Waals surface area contributed by atoms with Crippen molar-refractivity contribution < 1.29 is 75.3 Å². The van der Waals surface area contributed by atoms with Crippen molar-refractivity contribution in [1.82, 2.24) is 35.6 Å². The van der Waals surface area contributed by atoms with Gasteiger partial charge in [0.05, 0.1) is 12.5 Å². The number of carbonyl (C=O) groups excluding carboxylic acids is 8. The van der Waals surface area contributed by atoms with Crippen molar-refractivity contribution in [1.29, 1.82) is 0 Å². The number of nitrogens with one attached hydrogen (secondary N) is 4. The molecule has 2 heterocycles. The Labute approximate surface area is 392 Å². The van der Waals surface area contributed by atoms with Gasteiger partial charge in [0.25, 0.3) is 11.8 Å². The van der Waals surface area contributed by atoms with Crippen LogP contribution in [0.2, 0.25) is 0 Å². The van der Waals surface area contributed by atoms with E-state index in [1.165, 1.54) is 18.7 Å². The third-order valence-corrected chi connectivity index (χ3v) is 10.1. The van der Waals surface area contributed by atoms with Crippen LogP contribution < -0.4 is 27.0 Å². The van der Waals surface area contributed by atoms with Gasteiger partial charge in [0.2, 0.25) is 35.4 Å². The number of nitrogens with two attached hydrogens (primary N) is 1. The van der Waals surface area contributed by atoms with E-state index < -0.39 is 120 Å². The van der Waals surface area contributed by atoms with Gasteiger partial charge in [-0.15, -0.1) is 0 Å².